The number of aromatic amines is 1. The lowest BCUT2D eigenvalue weighted by Gasteiger charge is -2.25. The number of alkyl carbamates (subject to hydrolysis) is 1. The molecule has 0 saturated carbocycles. The van der Waals surface area contributed by atoms with E-state index in [-0.39, 0.29) is 31.8 Å². The number of nitrogens with one attached hydrogen (secondary N) is 4. The second-order valence-corrected chi connectivity index (χ2v) is 12.2. The maximum atomic E-state index is 14.0. The van der Waals surface area contributed by atoms with E-state index in [4.69, 9.17) is 10.5 Å². The minimum absolute atomic E-state index is 0.0728. The Hall–Kier alpha value is -6.23. The van der Waals surface area contributed by atoms with Crippen LogP contribution in [0.1, 0.15) is 33.9 Å². The van der Waals surface area contributed by atoms with Crippen LogP contribution in [-0.2, 0) is 38.4 Å². The molecular weight excluding hydrogens is 632 g/mol. The molecule has 3 atom stereocenters. The van der Waals surface area contributed by atoms with E-state index in [0.29, 0.717) is 5.69 Å². The minimum Gasteiger partial charge on any atom is -0.449 e. The number of amides is 4. The molecular formula is C39H38N6O5. The summed E-state index contributed by atoms with van der Waals surface area (Å²) in [5.74, 6) is -2.10. The van der Waals surface area contributed by atoms with Gasteiger partial charge in [-0.25, -0.2) is 9.78 Å². The summed E-state index contributed by atoms with van der Waals surface area (Å²) in [7, 11) is 0. The predicted molar refractivity (Wildman–Crippen MR) is 188 cm³/mol. The van der Waals surface area contributed by atoms with E-state index in [1.807, 2.05) is 97.1 Å². The maximum Gasteiger partial charge on any atom is 0.407 e. The molecule has 0 spiro atoms. The number of hydrogen-bond acceptors (Lipinski definition) is 6. The van der Waals surface area contributed by atoms with Crippen LogP contribution in [0.15, 0.2) is 122 Å². The number of rotatable bonds is 14. The number of ether oxygens (including phenoxy) is 1. The van der Waals surface area contributed by atoms with E-state index in [0.717, 1.165) is 33.4 Å². The summed E-state index contributed by atoms with van der Waals surface area (Å²) in [6.45, 7) is 0.0728. The van der Waals surface area contributed by atoms with Gasteiger partial charge in [0.1, 0.15) is 24.7 Å². The summed E-state index contributed by atoms with van der Waals surface area (Å²) in [4.78, 5) is 60.2. The van der Waals surface area contributed by atoms with Crippen LogP contribution in [0.4, 0.5) is 4.79 Å². The summed E-state index contributed by atoms with van der Waals surface area (Å²) in [5, 5.41) is 8.26. The number of nitrogens with two attached hydrogens (primary N) is 1. The first kappa shape index (κ1) is 33.7. The highest BCUT2D eigenvalue weighted by atomic mass is 16.5. The van der Waals surface area contributed by atoms with Gasteiger partial charge in [-0.2, -0.15) is 0 Å². The summed E-state index contributed by atoms with van der Waals surface area (Å²) in [6, 6.07) is 31.2. The molecule has 4 aromatic carbocycles. The zero-order valence-electron chi connectivity index (χ0n) is 27.3. The van der Waals surface area contributed by atoms with Crippen LogP contribution in [0.25, 0.3) is 11.1 Å². The topological polar surface area (TPSA) is 168 Å². The Kier molecular flexibility index (Phi) is 10.6. The number of aromatic nitrogens is 2. The van der Waals surface area contributed by atoms with Gasteiger partial charge in [0.2, 0.25) is 17.7 Å². The number of benzene rings is 4. The Morgan fingerprint density at radius 1 is 0.660 bits per heavy atom. The van der Waals surface area contributed by atoms with E-state index in [2.05, 4.69) is 38.1 Å². The highest BCUT2D eigenvalue weighted by Crippen LogP contribution is 2.44. The zero-order valence-corrected chi connectivity index (χ0v) is 27.3. The average Bonchev–Trinajstić information content (AvgIpc) is 3.76. The maximum absolute atomic E-state index is 14.0. The largest absolute Gasteiger partial charge is 0.449 e. The Morgan fingerprint density at radius 2 is 1.16 bits per heavy atom. The molecule has 50 heavy (non-hydrogen) atoms. The number of nitrogens with zero attached hydrogens (tertiary/aromatic N) is 1. The lowest BCUT2D eigenvalue weighted by Crippen LogP contribution is -2.57. The molecule has 0 saturated heterocycles. The molecule has 11 nitrogen and oxygen atoms in total. The van der Waals surface area contributed by atoms with E-state index < -0.39 is 41.9 Å². The van der Waals surface area contributed by atoms with Crippen molar-refractivity contribution < 1.29 is 23.9 Å². The van der Waals surface area contributed by atoms with Crippen molar-refractivity contribution in [3.05, 3.63) is 150 Å². The van der Waals surface area contributed by atoms with Crippen molar-refractivity contribution in [1.82, 2.24) is 25.9 Å². The first-order valence-corrected chi connectivity index (χ1v) is 16.4. The van der Waals surface area contributed by atoms with Crippen molar-refractivity contribution in [2.24, 2.45) is 5.73 Å². The van der Waals surface area contributed by atoms with Crippen molar-refractivity contribution in [3.8, 4) is 11.1 Å². The zero-order chi connectivity index (χ0) is 34.9. The fourth-order valence-electron chi connectivity index (χ4n) is 6.28. The standard InChI is InChI=1S/C39H38N6O5/c40-36(46)33(21-27-22-41-24-42-27)43-37(47)34(19-25-11-3-1-4-12-25)44-38(48)35(20-26-13-5-2-6-14-26)45-39(49)50-23-32-30-17-9-7-15-28(30)29-16-8-10-18-31(29)32/h1-18,22,24,32-35H,19-21,23H2,(H2,40,46)(H,41,42)(H,43,47)(H,44,48)(H,45,49)/t33-,34-,35-/m0/s1. The van der Waals surface area contributed by atoms with Crippen molar-refractivity contribution in [1.29, 1.82) is 0 Å². The number of imidazole rings is 1. The highest BCUT2D eigenvalue weighted by Gasteiger charge is 2.32. The molecule has 1 aliphatic carbocycles. The number of fused-ring (bicyclic) bond motifs is 3. The molecule has 4 amide bonds. The Morgan fingerprint density at radius 3 is 1.68 bits per heavy atom. The lowest BCUT2D eigenvalue weighted by molar-refractivity contribution is -0.132. The SMILES string of the molecule is NC(=O)[C@H](Cc1cnc[nH]1)NC(=O)[C@H](Cc1ccccc1)NC(=O)[C@H](Cc1ccccc1)NC(=O)OCC1c2ccccc2-c2ccccc21. The van der Waals surface area contributed by atoms with Gasteiger partial charge in [-0.1, -0.05) is 109 Å². The van der Waals surface area contributed by atoms with Crippen LogP contribution in [0.3, 0.4) is 0 Å². The fraction of sp³-hybridized carbons (Fsp3) is 0.205. The van der Waals surface area contributed by atoms with Crippen LogP contribution in [0, 0.1) is 0 Å². The summed E-state index contributed by atoms with van der Waals surface area (Å²) < 4.78 is 5.77. The second kappa shape index (κ2) is 15.8. The molecule has 6 rings (SSSR count). The Labute approximate surface area is 289 Å². The van der Waals surface area contributed by atoms with Gasteiger partial charge in [0.15, 0.2) is 0 Å². The van der Waals surface area contributed by atoms with Crippen LogP contribution in [-0.4, -0.2) is 58.5 Å². The molecule has 0 fully saturated rings. The van der Waals surface area contributed by atoms with Crippen LogP contribution >= 0.6 is 0 Å². The summed E-state index contributed by atoms with van der Waals surface area (Å²) >= 11 is 0. The molecule has 0 unspecified atom stereocenters. The number of primary amides is 1. The average molecular weight is 671 g/mol. The predicted octanol–water partition coefficient (Wildman–Crippen LogP) is 3.80. The molecule has 0 bridgehead atoms. The molecule has 1 aliphatic rings. The number of carbonyl (C=O) groups is 4. The lowest BCUT2D eigenvalue weighted by atomic mass is 9.98. The minimum atomic E-state index is -1.10. The number of carbonyl (C=O) groups excluding carboxylic acids is 4. The third kappa shape index (κ3) is 8.24. The second-order valence-electron chi connectivity index (χ2n) is 12.2. The molecule has 1 aromatic heterocycles. The normalized spacial score (nSPS) is 13.6. The van der Waals surface area contributed by atoms with E-state index in [1.165, 1.54) is 12.5 Å². The highest BCUT2D eigenvalue weighted by molar-refractivity contribution is 5.94. The van der Waals surface area contributed by atoms with Crippen molar-refractivity contribution >= 4 is 23.8 Å². The molecule has 6 N–H and O–H groups in total. The van der Waals surface area contributed by atoms with Crippen LogP contribution in [0.2, 0.25) is 0 Å². The number of H-pyrrole nitrogens is 1. The van der Waals surface area contributed by atoms with Crippen LogP contribution in [0.5, 0.6) is 0 Å². The van der Waals surface area contributed by atoms with Gasteiger partial charge < -0.3 is 31.4 Å². The fourth-order valence-corrected chi connectivity index (χ4v) is 6.28. The molecule has 254 valence electrons. The van der Waals surface area contributed by atoms with E-state index in [1.54, 1.807) is 0 Å². The smallest absolute Gasteiger partial charge is 0.407 e. The van der Waals surface area contributed by atoms with Gasteiger partial charge in [0, 0.05) is 37.1 Å². The van der Waals surface area contributed by atoms with E-state index in [9.17, 15) is 19.2 Å². The van der Waals surface area contributed by atoms with Gasteiger partial charge >= 0.3 is 6.09 Å². The summed E-state index contributed by atoms with van der Waals surface area (Å²) in [6.07, 6.45) is 2.59. The summed E-state index contributed by atoms with van der Waals surface area (Å²) in [5.41, 5.74) is 12.1. The molecule has 5 aromatic rings. The Balaban J connectivity index is 1.18. The van der Waals surface area contributed by atoms with Gasteiger partial charge in [-0.05, 0) is 33.4 Å². The van der Waals surface area contributed by atoms with Gasteiger partial charge in [0.25, 0.3) is 0 Å². The van der Waals surface area contributed by atoms with Crippen molar-refractivity contribution in [2.75, 3.05) is 6.61 Å². The van der Waals surface area contributed by atoms with E-state index >= 15 is 0 Å². The Bertz CT molecular complexity index is 1890. The third-order valence-corrected chi connectivity index (χ3v) is 8.79. The van der Waals surface area contributed by atoms with Crippen molar-refractivity contribution in [2.45, 2.75) is 43.3 Å². The van der Waals surface area contributed by atoms with Gasteiger partial charge in [-0.15, -0.1) is 0 Å². The third-order valence-electron chi connectivity index (χ3n) is 8.79. The first-order chi connectivity index (χ1) is 24.4. The quantitative estimate of drug-likeness (QED) is 0.120. The van der Waals surface area contributed by atoms with Gasteiger partial charge in [0.05, 0.1) is 6.33 Å². The monoisotopic (exact) mass is 670 g/mol. The molecule has 1 heterocycles. The number of hydrogen-bond donors (Lipinski definition) is 5. The van der Waals surface area contributed by atoms with Crippen LogP contribution < -0.4 is 21.7 Å². The van der Waals surface area contributed by atoms with Gasteiger partial charge in [-0.3, -0.25) is 14.4 Å². The van der Waals surface area contributed by atoms with Crippen molar-refractivity contribution in [3.63, 3.8) is 0 Å². The molecule has 0 radical (unpaired) electrons. The molecule has 0 aliphatic heterocycles. The molecule has 11 heteroatoms. The first-order valence-electron chi connectivity index (χ1n) is 16.4.